The summed E-state index contributed by atoms with van der Waals surface area (Å²) in [5, 5.41) is 4.81. The van der Waals surface area contributed by atoms with Gasteiger partial charge in [0, 0.05) is 29.7 Å². The first-order chi connectivity index (χ1) is 7.43. The van der Waals surface area contributed by atoms with E-state index in [1.54, 1.807) is 0 Å². The van der Waals surface area contributed by atoms with Gasteiger partial charge in [0.2, 0.25) is 0 Å². The summed E-state index contributed by atoms with van der Waals surface area (Å²) >= 11 is 1.90. The molecule has 3 heteroatoms. The molecule has 1 N–H and O–H groups in total. The molecule has 0 bridgehead atoms. The topological polar surface area (TPSA) is 24.9 Å². The molecule has 0 saturated carbocycles. The van der Waals surface area contributed by atoms with Crippen molar-refractivity contribution in [1.82, 2.24) is 10.3 Å². The van der Waals surface area contributed by atoms with E-state index in [0.717, 1.165) is 12.5 Å². The van der Waals surface area contributed by atoms with Gasteiger partial charge in [0.05, 0.1) is 4.70 Å². The van der Waals surface area contributed by atoms with Crippen molar-refractivity contribution in [3.8, 4) is 0 Å². The second kappa shape index (κ2) is 3.91. The fraction of sp³-hybridized carbons (Fsp3) is 0.417. The molecule has 3 heterocycles. The Morgan fingerprint density at radius 3 is 3.27 bits per heavy atom. The van der Waals surface area contributed by atoms with Gasteiger partial charge in [-0.2, -0.15) is 0 Å². The van der Waals surface area contributed by atoms with Gasteiger partial charge in [-0.3, -0.25) is 4.98 Å². The first-order valence-corrected chi connectivity index (χ1v) is 6.29. The number of piperidine rings is 1. The van der Waals surface area contributed by atoms with Gasteiger partial charge in [0.25, 0.3) is 0 Å². The maximum absolute atomic E-state index is 4.17. The van der Waals surface area contributed by atoms with Crippen molar-refractivity contribution in [1.29, 1.82) is 0 Å². The van der Waals surface area contributed by atoms with E-state index in [9.17, 15) is 0 Å². The Labute approximate surface area is 93.3 Å². The fourth-order valence-corrected chi connectivity index (χ4v) is 3.37. The van der Waals surface area contributed by atoms with Crippen LogP contribution in [0.3, 0.4) is 0 Å². The van der Waals surface area contributed by atoms with Crippen LogP contribution in [-0.4, -0.2) is 18.1 Å². The smallest absolute Gasteiger partial charge is 0.0529 e. The molecule has 78 valence electrons. The fourth-order valence-electron chi connectivity index (χ4n) is 2.20. The number of thiophene rings is 1. The largest absolute Gasteiger partial charge is 0.316 e. The number of hydrogen-bond acceptors (Lipinski definition) is 3. The van der Waals surface area contributed by atoms with Crippen LogP contribution in [0.1, 0.15) is 23.6 Å². The van der Waals surface area contributed by atoms with Crippen LogP contribution in [-0.2, 0) is 0 Å². The third-order valence-corrected chi connectivity index (χ3v) is 4.29. The molecule has 1 unspecified atom stereocenters. The Kier molecular flexibility index (Phi) is 2.43. The van der Waals surface area contributed by atoms with Gasteiger partial charge < -0.3 is 5.32 Å². The highest BCUT2D eigenvalue weighted by Crippen LogP contribution is 2.33. The van der Waals surface area contributed by atoms with Crippen LogP contribution in [0.25, 0.3) is 10.1 Å². The van der Waals surface area contributed by atoms with Gasteiger partial charge in [0.15, 0.2) is 0 Å². The highest BCUT2D eigenvalue weighted by atomic mass is 32.1. The summed E-state index contributed by atoms with van der Waals surface area (Å²) in [6, 6.07) is 4.44. The maximum atomic E-state index is 4.17. The van der Waals surface area contributed by atoms with Gasteiger partial charge in [-0.15, -0.1) is 11.3 Å². The molecule has 1 fully saturated rings. The Hall–Kier alpha value is -0.930. The zero-order valence-electron chi connectivity index (χ0n) is 8.57. The molecule has 15 heavy (non-hydrogen) atoms. The predicted octanol–water partition coefficient (Wildman–Crippen LogP) is 2.76. The summed E-state index contributed by atoms with van der Waals surface area (Å²) in [5.41, 5.74) is 0. The number of pyridine rings is 1. The van der Waals surface area contributed by atoms with Gasteiger partial charge >= 0.3 is 0 Å². The molecule has 2 nitrogen and oxygen atoms in total. The van der Waals surface area contributed by atoms with Crippen LogP contribution in [0.5, 0.6) is 0 Å². The van der Waals surface area contributed by atoms with Crippen molar-refractivity contribution >= 4 is 21.4 Å². The summed E-state index contributed by atoms with van der Waals surface area (Å²) in [6.45, 7) is 2.32. The minimum Gasteiger partial charge on any atom is -0.316 e. The quantitative estimate of drug-likeness (QED) is 0.796. The lowest BCUT2D eigenvalue weighted by molar-refractivity contribution is 0.466. The summed E-state index contributed by atoms with van der Waals surface area (Å²) in [4.78, 5) is 5.68. The second-order valence-electron chi connectivity index (χ2n) is 4.11. The maximum Gasteiger partial charge on any atom is 0.0529 e. The summed E-state index contributed by atoms with van der Waals surface area (Å²) in [7, 11) is 0. The van der Waals surface area contributed by atoms with E-state index in [0.29, 0.717) is 0 Å². The van der Waals surface area contributed by atoms with Crippen LogP contribution in [0, 0.1) is 0 Å². The van der Waals surface area contributed by atoms with Crippen molar-refractivity contribution in [3.63, 3.8) is 0 Å². The SMILES string of the molecule is c1cc2cc(C3CCCNC3)sc2cn1. The lowest BCUT2D eigenvalue weighted by atomic mass is 9.98. The molecule has 0 radical (unpaired) electrons. The molecule has 1 aliphatic heterocycles. The van der Waals surface area contributed by atoms with Crippen LogP contribution in [0.2, 0.25) is 0 Å². The number of nitrogens with zero attached hydrogens (tertiary/aromatic N) is 1. The minimum absolute atomic E-state index is 0.719. The molecule has 0 spiro atoms. The first-order valence-electron chi connectivity index (χ1n) is 5.47. The van der Waals surface area contributed by atoms with E-state index in [1.165, 1.54) is 34.3 Å². The zero-order valence-corrected chi connectivity index (χ0v) is 9.39. The van der Waals surface area contributed by atoms with Crippen molar-refractivity contribution in [2.24, 2.45) is 0 Å². The molecule has 0 aliphatic carbocycles. The summed E-state index contributed by atoms with van der Waals surface area (Å²) in [6.07, 6.45) is 6.47. The Bertz CT molecular complexity index is 424. The summed E-state index contributed by atoms with van der Waals surface area (Å²) < 4.78 is 1.32. The lowest BCUT2D eigenvalue weighted by Crippen LogP contribution is -2.27. The van der Waals surface area contributed by atoms with E-state index in [4.69, 9.17) is 0 Å². The van der Waals surface area contributed by atoms with Crippen molar-refractivity contribution in [2.75, 3.05) is 13.1 Å². The molecular formula is C12H14N2S. The van der Waals surface area contributed by atoms with E-state index in [2.05, 4.69) is 22.4 Å². The second-order valence-corrected chi connectivity index (χ2v) is 5.22. The molecule has 0 amide bonds. The standard InChI is InChI=1S/C12H14N2S/c1-2-10(7-13-4-1)11-6-9-3-5-14-8-12(9)15-11/h3,5-6,8,10,13H,1-2,4,7H2. The minimum atomic E-state index is 0.719. The molecule has 1 atom stereocenters. The highest BCUT2D eigenvalue weighted by Gasteiger charge is 2.17. The average Bonchev–Trinajstić information content (AvgIpc) is 2.74. The molecule has 2 aromatic heterocycles. The van der Waals surface area contributed by atoms with Gasteiger partial charge in [-0.1, -0.05) is 0 Å². The van der Waals surface area contributed by atoms with Gasteiger partial charge in [-0.25, -0.2) is 0 Å². The third-order valence-electron chi connectivity index (χ3n) is 3.04. The van der Waals surface area contributed by atoms with Crippen LogP contribution >= 0.6 is 11.3 Å². The number of nitrogens with one attached hydrogen (secondary N) is 1. The van der Waals surface area contributed by atoms with Gasteiger partial charge in [-0.05, 0) is 36.9 Å². The first kappa shape index (κ1) is 9.31. The number of aromatic nitrogens is 1. The van der Waals surface area contributed by atoms with Crippen LogP contribution in [0.4, 0.5) is 0 Å². The van der Waals surface area contributed by atoms with E-state index in [-0.39, 0.29) is 0 Å². The predicted molar refractivity (Wildman–Crippen MR) is 64.5 cm³/mol. The molecule has 3 rings (SSSR count). The Morgan fingerprint density at radius 2 is 2.47 bits per heavy atom. The number of hydrogen-bond donors (Lipinski definition) is 1. The molecule has 1 aliphatic rings. The van der Waals surface area contributed by atoms with Crippen molar-refractivity contribution in [2.45, 2.75) is 18.8 Å². The molecule has 0 aromatic carbocycles. The third kappa shape index (κ3) is 1.77. The average molecular weight is 218 g/mol. The Morgan fingerprint density at radius 1 is 1.47 bits per heavy atom. The van der Waals surface area contributed by atoms with Crippen LogP contribution < -0.4 is 5.32 Å². The summed E-state index contributed by atoms with van der Waals surface area (Å²) in [5.74, 6) is 0.719. The normalized spacial score (nSPS) is 22.0. The Balaban J connectivity index is 1.96. The number of rotatable bonds is 1. The molecular weight excluding hydrogens is 204 g/mol. The van der Waals surface area contributed by atoms with E-state index >= 15 is 0 Å². The highest BCUT2D eigenvalue weighted by molar-refractivity contribution is 7.19. The van der Waals surface area contributed by atoms with Gasteiger partial charge in [0.1, 0.15) is 0 Å². The van der Waals surface area contributed by atoms with Crippen molar-refractivity contribution in [3.05, 3.63) is 29.4 Å². The molecule has 1 saturated heterocycles. The zero-order chi connectivity index (χ0) is 10.1. The lowest BCUT2D eigenvalue weighted by Gasteiger charge is -2.21. The van der Waals surface area contributed by atoms with E-state index < -0.39 is 0 Å². The molecule has 2 aromatic rings. The van der Waals surface area contributed by atoms with Crippen molar-refractivity contribution < 1.29 is 0 Å². The number of fused-ring (bicyclic) bond motifs is 1. The monoisotopic (exact) mass is 218 g/mol. The van der Waals surface area contributed by atoms with E-state index in [1.807, 2.05) is 23.7 Å². The van der Waals surface area contributed by atoms with Crippen LogP contribution in [0.15, 0.2) is 24.5 Å².